The lowest BCUT2D eigenvalue weighted by atomic mass is 9.86. The zero-order valence-corrected chi connectivity index (χ0v) is 21.8. The quantitative estimate of drug-likeness (QED) is 0.539. The van der Waals surface area contributed by atoms with Gasteiger partial charge in [-0.15, -0.1) is 0 Å². The Hall–Kier alpha value is -1.74. The fraction of sp³-hybridized carbons (Fsp3) is 0.538. The van der Waals surface area contributed by atoms with Gasteiger partial charge in [-0.05, 0) is 67.3 Å². The predicted molar refractivity (Wildman–Crippen MR) is 134 cm³/mol. The minimum absolute atomic E-state index is 0.0720. The van der Waals surface area contributed by atoms with Gasteiger partial charge in [0.1, 0.15) is 0 Å². The Balaban J connectivity index is 1.63. The molecule has 1 saturated carbocycles. The molecule has 0 radical (unpaired) electrons. The monoisotopic (exact) mass is 504 g/mol. The van der Waals surface area contributed by atoms with Crippen molar-refractivity contribution >= 4 is 20.0 Å². The molecule has 0 amide bonds. The first-order valence-corrected chi connectivity index (χ1v) is 15.2. The molecular formula is C26H36N2O4S2. The summed E-state index contributed by atoms with van der Waals surface area (Å²) in [5.41, 5.74) is 0.947. The van der Waals surface area contributed by atoms with Crippen LogP contribution in [-0.4, -0.2) is 44.6 Å². The maximum Gasteiger partial charge on any atom is 0.243 e. The van der Waals surface area contributed by atoms with Crippen molar-refractivity contribution in [3.05, 3.63) is 60.2 Å². The molecule has 2 aromatic carbocycles. The van der Waals surface area contributed by atoms with Crippen molar-refractivity contribution in [2.24, 2.45) is 11.8 Å². The minimum atomic E-state index is -3.80. The fourth-order valence-electron chi connectivity index (χ4n) is 5.30. The van der Waals surface area contributed by atoms with Crippen LogP contribution in [0.4, 0.5) is 0 Å². The molecular weight excluding hydrogens is 468 g/mol. The van der Waals surface area contributed by atoms with Gasteiger partial charge in [-0.3, -0.25) is 0 Å². The first-order valence-electron chi connectivity index (χ1n) is 12.4. The third kappa shape index (κ3) is 5.40. The molecule has 3 atom stereocenters. The van der Waals surface area contributed by atoms with E-state index in [0.717, 1.165) is 44.1 Å². The standard InChI is InChI=1S/C26H36N2O4S2/c1-21-9-8-18-27(19-21)33(29,30)24-14-16-25(17-15-24)34(31,32)28(20-23-11-4-3-5-12-23)26-13-7-6-10-22(26)2/h3-5,11-12,14-17,21-22,26H,6-10,13,18-20H2,1-2H3/t21-,22-,26+/m1/s1. The van der Waals surface area contributed by atoms with Crippen molar-refractivity contribution in [1.82, 2.24) is 8.61 Å². The maximum absolute atomic E-state index is 13.9. The van der Waals surface area contributed by atoms with Crippen LogP contribution in [0.5, 0.6) is 0 Å². The average molecular weight is 505 g/mol. The molecule has 0 aromatic heterocycles. The summed E-state index contributed by atoms with van der Waals surface area (Å²) in [6, 6.07) is 15.4. The van der Waals surface area contributed by atoms with Crippen LogP contribution in [0.15, 0.2) is 64.4 Å². The predicted octanol–water partition coefficient (Wildman–Crippen LogP) is 4.88. The molecule has 2 aliphatic rings. The highest BCUT2D eigenvalue weighted by molar-refractivity contribution is 7.89. The summed E-state index contributed by atoms with van der Waals surface area (Å²) in [6.07, 6.45) is 5.87. The summed E-state index contributed by atoms with van der Waals surface area (Å²) in [4.78, 5) is 0.299. The average Bonchev–Trinajstić information content (AvgIpc) is 2.84. The first-order chi connectivity index (χ1) is 16.2. The summed E-state index contributed by atoms with van der Waals surface area (Å²) in [5, 5.41) is 0. The fourth-order valence-corrected chi connectivity index (χ4v) is 8.64. The maximum atomic E-state index is 13.9. The van der Waals surface area contributed by atoms with Gasteiger partial charge < -0.3 is 0 Å². The van der Waals surface area contributed by atoms with Crippen LogP contribution in [0.2, 0.25) is 0 Å². The van der Waals surface area contributed by atoms with Crippen LogP contribution < -0.4 is 0 Å². The molecule has 1 heterocycles. The van der Waals surface area contributed by atoms with Crippen molar-refractivity contribution in [3.63, 3.8) is 0 Å². The third-order valence-corrected chi connectivity index (χ3v) is 11.1. The number of sulfonamides is 2. The number of piperidine rings is 1. The first kappa shape index (κ1) is 25.4. The van der Waals surface area contributed by atoms with Gasteiger partial charge in [-0.1, -0.05) is 57.0 Å². The SMILES string of the molecule is C[C@@H]1CCCN(S(=O)(=O)c2ccc(S(=O)(=O)N(Cc3ccccc3)[C@H]3CCCC[C@H]3C)cc2)C1. The molecule has 4 rings (SSSR count). The normalized spacial score (nSPS) is 24.9. The minimum Gasteiger partial charge on any atom is -0.207 e. The summed E-state index contributed by atoms with van der Waals surface area (Å²) >= 11 is 0. The van der Waals surface area contributed by atoms with E-state index in [4.69, 9.17) is 0 Å². The molecule has 2 fully saturated rings. The molecule has 2 aromatic rings. The van der Waals surface area contributed by atoms with E-state index >= 15 is 0 Å². The highest BCUT2D eigenvalue weighted by Gasteiger charge is 2.36. The van der Waals surface area contributed by atoms with Gasteiger partial charge in [0.05, 0.1) is 9.79 Å². The number of hydrogen-bond acceptors (Lipinski definition) is 4. The largest absolute Gasteiger partial charge is 0.243 e. The van der Waals surface area contributed by atoms with Crippen molar-refractivity contribution in [1.29, 1.82) is 0 Å². The van der Waals surface area contributed by atoms with Crippen molar-refractivity contribution in [2.75, 3.05) is 13.1 Å². The zero-order chi connectivity index (χ0) is 24.3. The molecule has 8 heteroatoms. The van der Waals surface area contributed by atoms with Gasteiger partial charge in [0.2, 0.25) is 20.0 Å². The summed E-state index contributed by atoms with van der Waals surface area (Å²) in [5.74, 6) is 0.597. The molecule has 6 nitrogen and oxygen atoms in total. The molecule has 0 bridgehead atoms. The van der Waals surface area contributed by atoms with Crippen molar-refractivity contribution in [2.45, 2.75) is 74.7 Å². The van der Waals surface area contributed by atoms with E-state index in [1.54, 1.807) is 4.31 Å². The van der Waals surface area contributed by atoms with E-state index in [1.807, 2.05) is 30.3 Å². The molecule has 0 N–H and O–H groups in total. The number of rotatable bonds is 7. The Morgan fingerprint density at radius 3 is 2.12 bits per heavy atom. The Kier molecular flexibility index (Phi) is 7.82. The Labute approximate surface area is 205 Å². The van der Waals surface area contributed by atoms with E-state index < -0.39 is 20.0 Å². The van der Waals surface area contributed by atoms with Gasteiger partial charge in [0.25, 0.3) is 0 Å². The Bertz CT molecular complexity index is 1170. The summed E-state index contributed by atoms with van der Waals surface area (Å²) in [6.45, 7) is 5.52. The second-order valence-corrected chi connectivity index (χ2v) is 13.8. The summed E-state index contributed by atoms with van der Waals surface area (Å²) in [7, 11) is -7.43. The van der Waals surface area contributed by atoms with Crippen molar-refractivity contribution in [3.8, 4) is 0 Å². The molecule has 1 saturated heterocycles. The number of hydrogen-bond donors (Lipinski definition) is 0. The lowest BCUT2D eigenvalue weighted by Gasteiger charge is -2.38. The molecule has 34 heavy (non-hydrogen) atoms. The van der Waals surface area contributed by atoms with Gasteiger partial charge in [0.15, 0.2) is 0 Å². The van der Waals surface area contributed by atoms with Gasteiger partial charge in [-0.25, -0.2) is 16.8 Å². The number of benzene rings is 2. The van der Waals surface area contributed by atoms with Gasteiger partial charge in [-0.2, -0.15) is 8.61 Å². The van der Waals surface area contributed by atoms with E-state index in [2.05, 4.69) is 13.8 Å². The lowest BCUT2D eigenvalue weighted by Crippen LogP contribution is -2.44. The van der Waals surface area contributed by atoms with Gasteiger partial charge in [0, 0.05) is 25.7 Å². The Morgan fingerprint density at radius 1 is 0.824 bits per heavy atom. The van der Waals surface area contributed by atoms with Crippen LogP contribution in [0, 0.1) is 11.8 Å². The van der Waals surface area contributed by atoms with Crippen LogP contribution in [0.1, 0.15) is 57.9 Å². The second kappa shape index (κ2) is 10.5. The van der Waals surface area contributed by atoms with E-state index in [1.165, 1.54) is 28.6 Å². The molecule has 1 aliphatic carbocycles. The molecule has 1 aliphatic heterocycles. The molecule has 0 unspecified atom stereocenters. The van der Waals surface area contributed by atoms with E-state index in [-0.39, 0.29) is 21.8 Å². The highest BCUT2D eigenvalue weighted by Crippen LogP contribution is 2.33. The summed E-state index contributed by atoms with van der Waals surface area (Å²) < 4.78 is 57.1. The van der Waals surface area contributed by atoms with Crippen LogP contribution >= 0.6 is 0 Å². The molecule has 0 spiro atoms. The second-order valence-electron chi connectivity index (χ2n) is 9.95. The smallest absolute Gasteiger partial charge is 0.207 e. The third-order valence-electron chi connectivity index (χ3n) is 7.31. The van der Waals surface area contributed by atoms with Crippen LogP contribution in [0.3, 0.4) is 0 Å². The highest BCUT2D eigenvalue weighted by atomic mass is 32.2. The van der Waals surface area contributed by atoms with Crippen LogP contribution in [-0.2, 0) is 26.6 Å². The van der Waals surface area contributed by atoms with E-state index in [0.29, 0.717) is 25.6 Å². The molecule has 186 valence electrons. The Morgan fingerprint density at radius 2 is 1.47 bits per heavy atom. The van der Waals surface area contributed by atoms with Crippen LogP contribution in [0.25, 0.3) is 0 Å². The topological polar surface area (TPSA) is 74.8 Å². The van der Waals surface area contributed by atoms with Crippen molar-refractivity contribution < 1.29 is 16.8 Å². The van der Waals surface area contributed by atoms with Gasteiger partial charge >= 0.3 is 0 Å². The lowest BCUT2D eigenvalue weighted by molar-refractivity contribution is 0.185. The number of nitrogens with zero attached hydrogens (tertiary/aromatic N) is 2. The zero-order valence-electron chi connectivity index (χ0n) is 20.1. The van der Waals surface area contributed by atoms with E-state index in [9.17, 15) is 16.8 Å².